The van der Waals surface area contributed by atoms with Crippen LogP contribution in [0.4, 0.5) is 0 Å². The van der Waals surface area contributed by atoms with Crippen molar-refractivity contribution in [1.29, 1.82) is 0 Å². The van der Waals surface area contributed by atoms with Crippen LogP contribution in [0, 0.1) is 11.8 Å². The average Bonchev–Trinajstić information content (AvgIpc) is 2.57. The van der Waals surface area contributed by atoms with E-state index in [0.717, 1.165) is 17.7 Å². The molecule has 1 aliphatic rings. The molecule has 0 radical (unpaired) electrons. The maximum absolute atomic E-state index is 12.2. The molecule has 1 fully saturated rings. The number of carbonyl (C=O) groups excluding carboxylic acids is 2. The SMILES string of the molecule is CSc1ccc(Cl)c(C(=O)OCC(=O)N[C@H]2CCC[C@@H](C)[C@H]2C)c1. The Labute approximate surface area is 152 Å². The maximum atomic E-state index is 12.2. The largest absolute Gasteiger partial charge is 0.452 e. The molecule has 4 nitrogen and oxygen atoms in total. The molecule has 1 N–H and O–H groups in total. The Morgan fingerprint density at radius 1 is 1.33 bits per heavy atom. The van der Waals surface area contributed by atoms with Crippen LogP contribution in [0.1, 0.15) is 43.5 Å². The molecule has 3 atom stereocenters. The van der Waals surface area contributed by atoms with E-state index in [2.05, 4.69) is 19.2 Å². The minimum atomic E-state index is -0.573. The van der Waals surface area contributed by atoms with Crippen molar-refractivity contribution in [2.24, 2.45) is 11.8 Å². The molecule has 1 aromatic rings. The normalized spacial score (nSPS) is 23.6. The Hall–Kier alpha value is -1.20. The first-order chi connectivity index (χ1) is 11.4. The van der Waals surface area contributed by atoms with Crippen LogP contribution in [0.25, 0.3) is 0 Å². The lowest BCUT2D eigenvalue weighted by atomic mass is 9.78. The summed E-state index contributed by atoms with van der Waals surface area (Å²) in [6.07, 6.45) is 5.21. The Bertz CT molecular complexity index is 608. The summed E-state index contributed by atoms with van der Waals surface area (Å²) in [5, 5.41) is 3.32. The van der Waals surface area contributed by atoms with Gasteiger partial charge in [-0.15, -0.1) is 11.8 Å². The lowest BCUT2D eigenvalue weighted by molar-refractivity contribution is -0.125. The van der Waals surface area contributed by atoms with Gasteiger partial charge in [0, 0.05) is 10.9 Å². The van der Waals surface area contributed by atoms with Gasteiger partial charge in [-0.2, -0.15) is 0 Å². The fourth-order valence-electron chi connectivity index (χ4n) is 3.03. The second-order valence-electron chi connectivity index (χ2n) is 6.36. The number of benzene rings is 1. The van der Waals surface area contributed by atoms with Gasteiger partial charge in [0.15, 0.2) is 6.61 Å². The molecule has 1 aliphatic carbocycles. The highest BCUT2D eigenvalue weighted by Gasteiger charge is 2.28. The first-order valence-electron chi connectivity index (χ1n) is 8.22. The molecule has 0 heterocycles. The van der Waals surface area contributed by atoms with E-state index >= 15 is 0 Å². The van der Waals surface area contributed by atoms with E-state index in [9.17, 15) is 9.59 Å². The fourth-order valence-corrected chi connectivity index (χ4v) is 3.67. The number of halogens is 1. The van der Waals surface area contributed by atoms with Crippen molar-refractivity contribution in [1.82, 2.24) is 5.32 Å². The topological polar surface area (TPSA) is 55.4 Å². The summed E-state index contributed by atoms with van der Waals surface area (Å²) in [6, 6.07) is 5.33. The van der Waals surface area contributed by atoms with Gasteiger partial charge in [-0.05, 0) is 42.7 Å². The third-order valence-corrected chi connectivity index (χ3v) is 5.84. The van der Waals surface area contributed by atoms with Gasteiger partial charge in [-0.1, -0.05) is 38.3 Å². The summed E-state index contributed by atoms with van der Waals surface area (Å²) in [5.74, 6) is 0.202. The third-order valence-electron chi connectivity index (χ3n) is 4.78. The van der Waals surface area contributed by atoms with E-state index in [4.69, 9.17) is 16.3 Å². The predicted molar refractivity (Wildman–Crippen MR) is 97.6 cm³/mol. The summed E-state index contributed by atoms with van der Waals surface area (Å²) in [4.78, 5) is 25.2. The number of nitrogens with one attached hydrogen (secondary N) is 1. The lowest BCUT2D eigenvalue weighted by Gasteiger charge is -2.34. The lowest BCUT2D eigenvalue weighted by Crippen LogP contribution is -2.45. The molecule has 6 heteroatoms. The minimum absolute atomic E-state index is 0.156. The van der Waals surface area contributed by atoms with Gasteiger partial charge in [-0.25, -0.2) is 4.79 Å². The summed E-state index contributed by atoms with van der Waals surface area (Å²) in [5.41, 5.74) is 0.288. The number of esters is 1. The zero-order valence-electron chi connectivity index (χ0n) is 14.3. The van der Waals surface area contributed by atoms with Crippen LogP contribution in [-0.2, 0) is 9.53 Å². The molecule has 0 unspecified atom stereocenters. The van der Waals surface area contributed by atoms with E-state index in [1.807, 2.05) is 12.3 Å². The molecule has 0 saturated heterocycles. The molecular formula is C18H24ClNO3S. The number of hydrogen-bond donors (Lipinski definition) is 1. The highest BCUT2D eigenvalue weighted by Crippen LogP contribution is 2.29. The van der Waals surface area contributed by atoms with Crippen molar-refractivity contribution < 1.29 is 14.3 Å². The third kappa shape index (κ3) is 4.90. The molecule has 0 bridgehead atoms. The van der Waals surface area contributed by atoms with Gasteiger partial charge in [0.1, 0.15) is 0 Å². The first-order valence-corrected chi connectivity index (χ1v) is 9.82. The predicted octanol–water partition coefficient (Wildman–Crippen LogP) is 4.16. The maximum Gasteiger partial charge on any atom is 0.340 e. The van der Waals surface area contributed by atoms with Crippen LogP contribution in [0.15, 0.2) is 23.1 Å². The molecule has 0 aliphatic heterocycles. The zero-order valence-corrected chi connectivity index (χ0v) is 15.9. The smallest absolute Gasteiger partial charge is 0.340 e. The van der Waals surface area contributed by atoms with E-state index in [-0.39, 0.29) is 24.1 Å². The number of ether oxygens (including phenoxy) is 1. The molecule has 1 amide bonds. The quantitative estimate of drug-likeness (QED) is 0.625. The second-order valence-corrected chi connectivity index (χ2v) is 7.65. The van der Waals surface area contributed by atoms with Gasteiger partial charge in [0.25, 0.3) is 5.91 Å². The fraction of sp³-hybridized carbons (Fsp3) is 0.556. The van der Waals surface area contributed by atoms with Crippen molar-refractivity contribution in [3.63, 3.8) is 0 Å². The zero-order chi connectivity index (χ0) is 17.7. The van der Waals surface area contributed by atoms with Crippen LogP contribution in [-0.4, -0.2) is 30.8 Å². The highest BCUT2D eigenvalue weighted by atomic mass is 35.5. The average molecular weight is 370 g/mol. The van der Waals surface area contributed by atoms with E-state index in [0.29, 0.717) is 16.9 Å². The standard InChI is InChI=1S/C18H24ClNO3S/c1-11-5-4-6-16(12(11)2)20-17(21)10-23-18(22)14-9-13(24-3)7-8-15(14)19/h7-9,11-12,16H,4-6,10H2,1-3H3,(H,20,21)/t11-,12-,16+/m1/s1. The number of hydrogen-bond acceptors (Lipinski definition) is 4. The number of carbonyl (C=O) groups is 2. The van der Waals surface area contributed by atoms with Gasteiger partial charge < -0.3 is 10.1 Å². The molecular weight excluding hydrogens is 346 g/mol. The van der Waals surface area contributed by atoms with E-state index < -0.39 is 5.97 Å². The van der Waals surface area contributed by atoms with Crippen LogP contribution in [0.3, 0.4) is 0 Å². The summed E-state index contributed by atoms with van der Waals surface area (Å²) < 4.78 is 5.13. The Balaban J connectivity index is 1.88. The van der Waals surface area contributed by atoms with Crippen LogP contribution >= 0.6 is 23.4 Å². The Kier molecular flexibility index (Phi) is 6.99. The van der Waals surface area contributed by atoms with Crippen LogP contribution in [0.5, 0.6) is 0 Å². The van der Waals surface area contributed by atoms with Crippen molar-refractivity contribution in [2.45, 2.75) is 44.0 Å². The van der Waals surface area contributed by atoms with Crippen molar-refractivity contribution in [3.8, 4) is 0 Å². The number of thioether (sulfide) groups is 1. The van der Waals surface area contributed by atoms with Crippen molar-refractivity contribution in [2.75, 3.05) is 12.9 Å². The molecule has 0 aromatic heterocycles. The molecule has 1 aromatic carbocycles. The number of amides is 1. The van der Waals surface area contributed by atoms with Gasteiger partial charge in [0.2, 0.25) is 0 Å². The molecule has 132 valence electrons. The summed E-state index contributed by atoms with van der Waals surface area (Å²) >= 11 is 7.55. The first kappa shape index (κ1) is 19.1. The highest BCUT2D eigenvalue weighted by molar-refractivity contribution is 7.98. The minimum Gasteiger partial charge on any atom is -0.452 e. The van der Waals surface area contributed by atoms with Crippen molar-refractivity contribution in [3.05, 3.63) is 28.8 Å². The monoisotopic (exact) mass is 369 g/mol. The van der Waals surface area contributed by atoms with E-state index in [1.54, 1.807) is 12.1 Å². The van der Waals surface area contributed by atoms with Gasteiger partial charge in [0.05, 0.1) is 10.6 Å². The molecule has 2 rings (SSSR count). The molecule has 1 saturated carbocycles. The van der Waals surface area contributed by atoms with Gasteiger partial charge in [-0.3, -0.25) is 4.79 Å². The van der Waals surface area contributed by atoms with Crippen LogP contribution < -0.4 is 5.32 Å². The van der Waals surface area contributed by atoms with Crippen LogP contribution in [0.2, 0.25) is 5.02 Å². The van der Waals surface area contributed by atoms with E-state index in [1.165, 1.54) is 18.2 Å². The van der Waals surface area contributed by atoms with Gasteiger partial charge >= 0.3 is 5.97 Å². The molecule has 24 heavy (non-hydrogen) atoms. The summed E-state index contributed by atoms with van der Waals surface area (Å²) in [6.45, 7) is 4.09. The Morgan fingerprint density at radius 2 is 2.08 bits per heavy atom. The number of rotatable bonds is 5. The second kappa shape index (κ2) is 8.77. The van der Waals surface area contributed by atoms with Crippen molar-refractivity contribution >= 4 is 35.2 Å². The molecule has 0 spiro atoms. The Morgan fingerprint density at radius 3 is 2.79 bits per heavy atom. The summed E-state index contributed by atoms with van der Waals surface area (Å²) in [7, 11) is 0.